The molecule has 5 nitrogen and oxygen atoms in total. The van der Waals surface area contributed by atoms with Crippen molar-refractivity contribution in [3.8, 4) is 0 Å². The van der Waals surface area contributed by atoms with Gasteiger partial charge in [-0.05, 0) is 40.0 Å². The van der Waals surface area contributed by atoms with Crippen molar-refractivity contribution in [2.75, 3.05) is 39.5 Å². The Labute approximate surface area is 143 Å². The van der Waals surface area contributed by atoms with Gasteiger partial charge in [0.2, 0.25) is 0 Å². The normalized spacial score (nSPS) is 16.3. The minimum atomic E-state index is -2.41. The zero-order valence-electron chi connectivity index (χ0n) is 15.5. The molecule has 0 bridgehead atoms. The van der Waals surface area contributed by atoms with E-state index in [1.54, 1.807) is 0 Å². The highest BCUT2D eigenvalue weighted by molar-refractivity contribution is 6.60. The van der Waals surface area contributed by atoms with Crippen LogP contribution in [-0.4, -0.2) is 53.4 Å². The average molecular weight is 348 g/mol. The predicted molar refractivity (Wildman–Crippen MR) is 95.3 cm³/mol. The van der Waals surface area contributed by atoms with Crippen LogP contribution >= 0.6 is 0 Å². The summed E-state index contributed by atoms with van der Waals surface area (Å²) in [5.41, 5.74) is 0. The Hall–Kier alpha value is 0.0169. The molecule has 0 aliphatic carbocycles. The topological polar surface area (TPSA) is 40.2 Å². The molecule has 0 spiro atoms. The lowest BCUT2D eigenvalue weighted by Crippen LogP contribution is -2.45. The second-order valence-electron chi connectivity index (χ2n) is 5.97. The first-order valence-electron chi connectivity index (χ1n) is 9.56. The van der Waals surface area contributed by atoms with Gasteiger partial charge in [-0.25, -0.2) is 0 Å². The van der Waals surface area contributed by atoms with Crippen molar-refractivity contribution < 1.29 is 18.1 Å². The highest BCUT2D eigenvalue weighted by Crippen LogP contribution is 2.20. The average Bonchev–Trinajstić information content (AvgIpc) is 3.04. The summed E-state index contributed by atoms with van der Waals surface area (Å²) in [5, 5.41) is 2.12. The molecular formula is C17H37NO4Si. The first-order valence-corrected chi connectivity index (χ1v) is 11.5. The lowest BCUT2D eigenvalue weighted by molar-refractivity contribution is -0.110. The summed E-state index contributed by atoms with van der Waals surface area (Å²) in [6, 6.07) is 0.949. The van der Waals surface area contributed by atoms with Gasteiger partial charge in [-0.3, -0.25) is 4.84 Å². The van der Waals surface area contributed by atoms with Gasteiger partial charge in [0.25, 0.3) is 0 Å². The van der Waals surface area contributed by atoms with Crippen LogP contribution < -0.4 is 0 Å². The Kier molecular flexibility index (Phi) is 12.2. The molecular weight excluding hydrogens is 310 g/mol. The summed E-state index contributed by atoms with van der Waals surface area (Å²) >= 11 is 0. The first kappa shape index (κ1) is 21.1. The number of hydrogen-bond acceptors (Lipinski definition) is 5. The van der Waals surface area contributed by atoms with Gasteiger partial charge in [0.15, 0.2) is 0 Å². The van der Waals surface area contributed by atoms with Crippen LogP contribution in [0.5, 0.6) is 0 Å². The molecule has 1 saturated heterocycles. The zero-order valence-corrected chi connectivity index (χ0v) is 16.5. The van der Waals surface area contributed by atoms with Crippen molar-refractivity contribution in [2.24, 2.45) is 0 Å². The van der Waals surface area contributed by atoms with Crippen LogP contribution in [-0.2, 0) is 18.1 Å². The predicted octanol–water partition coefficient (Wildman–Crippen LogP) is 4.01. The fourth-order valence-corrected chi connectivity index (χ4v) is 5.70. The van der Waals surface area contributed by atoms with E-state index in [9.17, 15) is 0 Å². The molecule has 1 fully saturated rings. The van der Waals surface area contributed by atoms with Crippen LogP contribution in [0.4, 0.5) is 0 Å². The molecule has 0 unspecified atom stereocenters. The van der Waals surface area contributed by atoms with Crippen molar-refractivity contribution in [3.63, 3.8) is 0 Å². The fourth-order valence-electron chi connectivity index (χ4n) is 3.01. The van der Waals surface area contributed by atoms with Gasteiger partial charge >= 0.3 is 8.80 Å². The molecule has 1 rings (SSSR count). The molecule has 0 amide bonds. The van der Waals surface area contributed by atoms with E-state index in [4.69, 9.17) is 18.1 Å². The summed E-state index contributed by atoms with van der Waals surface area (Å²) in [7, 11) is -2.41. The van der Waals surface area contributed by atoms with Crippen molar-refractivity contribution in [1.29, 1.82) is 0 Å². The van der Waals surface area contributed by atoms with E-state index >= 15 is 0 Å². The third kappa shape index (κ3) is 9.17. The molecule has 0 saturated carbocycles. The van der Waals surface area contributed by atoms with Gasteiger partial charge < -0.3 is 13.3 Å². The Morgan fingerprint density at radius 2 is 1.39 bits per heavy atom. The van der Waals surface area contributed by atoms with E-state index in [2.05, 4.69) is 5.06 Å². The Morgan fingerprint density at radius 1 is 0.826 bits per heavy atom. The van der Waals surface area contributed by atoms with Crippen LogP contribution in [0.15, 0.2) is 0 Å². The molecule has 0 aromatic rings. The number of hydrogen-bond donors (Lipinski definition) is 0. The van der Waals surface area contributed by atoms with Crippen molar-refractivity contribution in [1.82, 2.24) is 5.06 Å². The monoisotopic (exact) mass is 347 g/mol. The Bertz CT molecular complexity index is 258. The summed E-state index contributed by atoms with van der Waals surface area (Å²) in [6.07, 6.45) is 8.70. The molecule has 6 heteroatoms. The molecule has 1 heterocycles. The summed E-state index contributed by atoms with van der Waals surface area (Å²) in [5.74, 6) is 0. The number of rotatable bonds is 15. The van der Waals surface area contributed by atoms with Gasteiger partial charge in [-0.1, -0.05) is 25.7 Å². The SMILES string of the molecule is CCO[Si](CCCCCCCCN1CCCO1)(OCC)OCC. The lowest BCUT2D eigenvalue weighted by atomic mass is 10.1. The Balaban J connectivity index is 2.05. The first-order chi connectivity index (χ1) is 11.3. The van der Waals surface area contributed by atoms with E-state index in [0.29, 0.717) is 19.8 Å². The largest absolute Gasteiger partial charge is 0.500 e. The minimum Gasteiger partial charge on any atom is -0.374 e. The van der Waals surface area contributed by atoms with Gasteiger partial charge in [0.1, 0.15) is 0 Å². The van der Waals surface area contributed by atoms with Crippen LogP contribution in [0.1, 0.15) is 65.7 Å². The maximum Gasteiger partial charge on any atom is 0.500 e. The van der Waals surface area contributed by atoms with Crippen LogP contribution in [0.2, 0.25) is 6.04 Å². The van der Waals surface area contributed by atoms with E-state index in [1.807, 2.05) is 20.8 Å². The minimum absolute atomic E-state index is 0.671. The number of nitrogens with zero attached hydrogens (tertiary/aromatic N) is 1. The van der Waals surface area contributed by atoms with E-state index in [1.165, 1.54) is 38.5 Å². The second kappa shape index (κ2) is 13.3. The third-order valence-electron chi connectivity index (χ3n) is 4.06. The fraction of sp³-hybridized carbons (Fsp3) is 1.00. The molecule has 23 heavy (non-hydrogen) atoms. The van der Waals surface area contributed by atoms with Gasteiger partial charge in [0.05, 0.1) is 6.61 Å². The maximum absolute atomic E-state index is 5.89. The maximum atomic E-state index is 5.89. The van der Waals surface area contributed by atoms with Gasteiger partial charge in [-0.15, -0.1) is 0 Å². The van der Waals surface area contributed by atoms with Crippen LogP contribution in [0.25, 0.3) is 0 Å². The van der Waals surface area contributed by atoms with Crippen molar-refractivity contribution in [2.45, 2.75) is 71.8 Å². The van der Waals surface area contributed by atoms with Crippen LogP contribution in [0, 0.1) is 0 Å². The summed E-state index contributed by atoms with van der Waals surface area (Å²) in [4.78, 5) is 5.50. The summed E-state index contributed by atoms with van der Waals surface area (Å²) in [6.45, 7) is 11.2. The standard InChI is InChI=1S/C17H37NO4Si/c1-4-20-23(21-5-2,22-6-3)17-12-10-8-7-9-11-14-18-15-13-16-19-18/h4-17H2,1-3H3. The third-order valence-corrected chi connectivity index (χ3v) is 7.21. The molecule has 138 valence electrons. The van der Waals surface area contributed by atoms with Gasteiger partial charge in [-0.2, -0.15) is 5.06 Å². The zero-order chi connectivity index (χ0) is 16.8. The van der Waals surface area contributed by atoms with E-state index < -0.39 is 8.80 Å². The lowest BCUT2D eigenvalue weighted by Gasteiger charge is -2.28. The highest BCUT2D eigenvalue weighted by Gasteiger charge is 2.39. The molecule has 0 atom stereocenters. The second-order valence-corrected chi connectivity index (χ2v) is 8.70. The quantitative estimate of drug-likeness (QED) is 0.331. The summed E-state index contributed by atoms with van der Waals surface area (Å²) < 4.78 is 17.7. The Morgan fingerprint density at radius 3 is 1.91 bits per heavy atom. The highest BCUT2D eigenvalue weighted by atomic mass is 28.4. The van der Waals surface area contributed by atoms with Gasteiger partial charge in [0, 0.05) is 39.0 Å². The molecule has 0 N–H and O–H groups in total. The molecule has 0 aromatic carbocycles. The smallest absolute Gasteiger partial charge is 0.374 e. The van der Waals surface area contributed by atoms with Crippen molar-refractivity contribution in [3.05, 3.63) is 0 Å². The molecule has 1 aliphatic rings. The van der Waals surface area contributed by atoms with E-state index in [0.717, 1.165) is 32.2 Å². The number of hydroxylamine groups is 2. The molecule has 0 radical (unpaired) electrons. The van der Waals surface area contributed by atoms with Crippen LogP contribution in [0.3, 0.4) is 0 Å². The number of unbranched alkanes of at least 4 members (excludes halogenated alkanes) is 5. The van der Waals surface area contributed by atoms with Crippen molar-refractivity contribution >= 4 is 8.80 Å². The molecule has 1 aliphatic heterocycles. The molecule has 0 aromatic heterocycles. The van der Waals surface area contributed by atoms with E-state index in [-0.39, 0.29) is 0 Å².